The van der Waals surface area contributed by atoms with Crippen LogP contribution in [0, 0.1) is 0 Å². The van der Waals surface area contributed by atoms with Crippen LogP contribution in [0.1, 0.15) is 49.9 Å². The predicted molar refractivity (Wildman–Crippen MR) is 592 cm³/mol. The molecule has 28 aromatic rings. The second-order valence-corrected chi connectivity index (χ2v) is 39.4. The van der Waals surface area contributed by atoms with Gasteiger partial charge in [-0.3, -0.25) is 0 Å². The van der Waals surface area contributed by atoms with Crippen LogP contribution < -0.4 is 0 Å². The van der Waals surface area contributed by atoms with Crippen molar-refractivity contribution in [2.75, 3.05) is 0 Å². The first-order chi connectivity index (χ1) is 70.8. The zero-order valence-electron chi connectivity index (χ0n) is 79.1. The number of hydrogen-bond donors (Lipinski definition) is 0. The number of furan rings is 2. The standard InChI is InChI=1S/C67H44N4O.C66H43N5O/c1-67(2)56-27-14-12-25-48(56)50-36-53-51-34-44(43-29-31-60-52(35-43)54-37-55-49-26-13-15-28-64(49)72-65(55)40-63(54)70(60)46-22-10-5-11-23-46)30-32-61(51)71(62(53)38-57(50)67)47-24-16-21-45(33-47)66-68-58(41-17-6-3-7-18-41)39-59(69-66)42-19-8-4-9-20-42;1-66(2)55-24-14-12-22-47(55)49-36-52-50-34-43(44-28-32-57-51(35-44)53-37-54-48-23-13-15-25-61(48)72-62(54)39-60(53)70(57)45-20-10-5-11-21-45)29-33-58(50)71(59(52)38-56(49)66)46-30-26-42(27-31-46)65-68-63(40-16-6-3-7-17-40)67-64(69-65)41-18-8-4-9-19-41/h3-40H,1-2H3;3-39H,1-2H3. The van der Waals surface area contributed by atoms with E-state index in [4.69, 9.17) is 33.8 Å². The highest BCUT2D eigenvalue weighted by atomic mass is 16.3. The van der Waals surface area contributed by atoms with E-state index in [0.717, 1.165) is 167 Å². The smallest absolute Gasteiger partial charge is 0.164 e. The van der Waals surface area contributed by atoms with Crippen molar-refractivity contribution >= 4 is 131 Å². The largest absolute Gasteiger partial charge is 0.456 e. The summed E-state index contributed by atoms with van der Waals surface area (Å²) in [4.78, 5) is 25.5. The number of fused-ring (bicyclic) bond motifs is 24. The van der Waals surface area contributed by atoms with Gasteiger partial charge in [-0.25, -0.2) is 24.9 Å². The Bertz CT molecular complexity index is 10100. The monoisotopic (exact) mass is 1840 g/mol. The maximum absolute atomic E-state index is 6.46. The van der Waals surface area contributed by atoms with Crippen LogP contribution in [0.4, 0.5) is 0 Å². The summed E-state index contributed by atoms with van der Waals surface area (Å²) in [7, 11) is 0. The Morgan fingerprint density at radius 2 is 0.465 bits per heavy atom. The topological polar surface area (TPSA) is 110 Å². The molecule has 0 N–H and O–H groups in total. The molecule has 2 aliphatic carbocycles. The van der Waals surface area contributed by atoms with E-state index in [2.05, 4.69) is 416 Å². The molecule has 144 heavy (non-hydrogen) atoms. The number of para-hydroxylation sites is 4. The Balaban J connectivity index is 0.000000137. The Morgan fingerprint density at radius 3 is 0.875 bits per heavy atom. The number of hydrogen-bond acceptors (Lipinski definition) is 7. The van der Waals surface area contributed by atoms with Crippen LogP contribution in [-0.2, 0) is 10.8 Å². The summed E-state index contributed by atoms with van der Waals surface area (Å²) in [5, 5.41) is 14.1. The fourth-order valence-corrected chi connectivity index (χ4v) is 23.5. The molecular weight excluding hydrogens is 1760 g/mol. The minimum absolute atomic E-state index is 0.162. The third-order valence-electron chi connectivity index (χ3n) is 30.5. The van der Waals surface area contributed by atoms with Crippen LogP contribution in [0.25, 0.3) is 266 Å². The molecule has 2 aliphatic rings. The number of benzene rings is 20. The lowest BCUT2D eigenvalue weighted by Crippen LogP contribution is -2.14. The summed E-state index contributed by atoms with van der Waals surface area (Å²) in [6, 6.07) is 163. The molecule has 0 saturated heterocycles. The predicted octanol–water partition coefficient (Wildman–Crippen LogP) is 34.5. The Labute approximate surface area is 828 Å². The second-order valence-electron chi connectivity index (χ2n) is 39.4. The van der Waals surface area contributed by atoms with E-state index in [9.17, 15) is 0 Å². The summed E-state index contributed by atoms with van der Waals surface area (Å²) in [6.45, 7) is 9.44. The first-order valence-corrected chi connectivity index (χ1v) is 49.3. The fraction of sp³-hybridized carbons (Fsp3) is 0.0451. The molecule has 0 spiro atoms. The van der Waals surface area contributed by atoms with Crippen LogP contribution in [0.15, 0.2) is 464 Å². The average Bonchev–Trinajstić information content (AvgIpc) is 1.55. The molecule has 0 amide bonds. The van der Waals surface area contributed by atoms with Crippen molar-refractivity contribution in [3.8, 4) is 135 Å². The van der Waals surface area contributed by atoms with E-state index in [1.807, 2.05) is 84.9 Å². The van der Waals surface area contributed by atoms with Gasteiger partial charge in [0, 0.05) is 144 Å². The Hall–Kier alpha value is -18.7. The van der Waals surface area contributed by atoms with Gasteiger partial charge in [0.1, 0.15) is 22.3 Å². The van der Waals surface area contributed by atoms with E-state index in [1.54, 1.807) is 0 Å². The van der Waals surface area contributed by atoms with Crippen molar-refractivity contribution in [3.63, 3.8) is 0 Å². The highest BCUT2D eigenvalue weighted by Crippen LogP contribution is 2.55. The number of nitrogens with zero attached hydrogens (tertiary/aromatic N) is 9. The van der Waals surface area contributed by atoms with Gasteiger partial charge in [-0.2, -0.15) is 0 Å². The van der Waals surface area contributed by atoms with Crippen LogP contribution >= 0.6 is 0 Å². The molecule has 0 bridgehead atoms. The molecule has 0 fully saturated rings. The third-order valence-corrected chi connectivity index (χ3v) is 30.5. The molecule has 8 heterocycles. The minimum atomic E-state index is -0.170. The van der Waals surface area contributed by atoms with Crippen molar-refractivity contribution < 1.29 is 8.83 Å². The maximum atomic E-state index is 6.46. The lowest BCUT2D eigenvalue weighted by Gasteiger charge is -2.21. The highest BCUT2D eigenvalue weighted by molar-refractivity contribution is 6.21. The van der Waals surface area contributed by atoms with Gasteiger partial charge in [-0.1, -0.05) is 307 Å². The van der Waals surface area contributed by atoms with Gasteiger partial charge in [0.05, 0.1) is 55.5 Å². The van der Waals surface area contributed by atoms with Gasteiger partial charge >= 0.3 is 0 Å². The normalized spacial score (nSPS) is 13.0. The van der Waals surface area contributed by atoms with Gasteiger partial charge in [0.15, 0.2) is 23.3 Å². The first kappa shape index (κ1) is 82.4. The Morgan fingerprint density at radius 1 is 0.167 bits per heavy atom. The molecule has 0 radical (unpaired) electrons. The third kappa shape index (κ3) is 13.0. The zero-order chi connectivity index (χ0) is 95.3. The van der Waals surface area contributed by atoms with Gasteiger partial charge in [0.2, 0.25) is 0 Å². The minimum Gasteiger partial charge on any atom is -0.456 e. The van der Waals surface area contributed by atoms with Crippen molar-refractivity contribution in [1.29, 1.82) is 0 Å². The molecule has 0 unspecified atom stereocenters. The summed E-state index contributed by atoms with van der Waals surface area (Å²) < 4.78 is 22.5. The van der Waals surface area contributed by atoms with Crippen molar-refractivity contribution in [2.45, 2.75) is 38.5 Å². The van der Waals surface area contributed by atoms with E-state index in [-0.39, 0.29) is 10.8 Å². The maximum Gasteiger partial charge on any atom is 0.164 e. The van der Waals surface area contributed by atoms with E-state index >= 15 is 0 Å². The molecule has 676 valence electrons. The molecule has 11 heteroatoms. The van der Waals surface area contributed by atoms with Crippen molar-refractivity contribution in [1.82, 2.24) is 43.2 Å². The molecule has 11 nitrogen and oxygen atoms in total. The van der Waals surface area contributed by atoms with Crippen molar-refractivity contribution in [2.24, 2.45) is 0 Å². The average molecular weight is 1840 g/mol. The van der Waals surface area contributed by atoms with E-state index in [0.29, 0.717) is 23.3 Å². The van der Waals surface area contributed by atoms with E-state index in [1.165, 1.54) is 98.6 Å². The molecule has 0 aliphatic heterocycles. The summed E-state index contributed by atoms with van der Waals surface area (Å²) in [5.41, 5.74) is 39.6. The molecule has 0 saturated carbocycles. The second kappa shape index (κ2) is 31.9. The fourth-order valence-electron chi connectivity index (χ4n) is 23.5. The number of rotatable bonds is 12. The van der Waals surface area contributed by atoms with Gasteiger partial charge < -0.3 is 27.1 Å². The van der Waals surface area contributed by atoms with Crippen LogP contribution in [0.3, 0.4) is 0 Å². The van der Waals surface area contributed by atoms with E-state index < -0.39 is 0 Å². The molecule has 8 aromatic heterocycles. The summed E-state index contributed by atoms with van der Waals surface area (Å²) in [6.07, 6.45) is 0. The molecular formula is C133H87N9O2. The lowest BCUT2D eigenvalue weighted by molar-refractivity contribution is 0.661. The lowest BCUT2D eigenvalue weighted by atomic mass is 9.82. The van der Waals surface area contributed by atoms with Crippen LogP contribution in [-0.4, -0.2) is 43.2 Å². The zero-order valence-corrected chi connectivity index (χ0v) is 79.1. The summed E-state index contributed by atoms with van der Waals surface area (Å²) in [5.74, 6) is 2.60. The first-order valence-electron chi connectivity index (χ1n) is 49.3. The molecule has 20 aromatic carbocycles. The van der Waals surface area contributed by atoms with Gasteiger partial charge in [-0.05, 0) is 231 Å². The Kier molecular flexibility index (Phi) is 18.3. The highest BCUT2D eigenvalue weighted by Gasteiger charge is 2.39. The number of aromatic nitrogens is 9. The van der Waals surface area contributed by atoms with Crippen molar-refractivity contribution in [3.05, 3.63) is 477 Å². The molecule has 30 rings (SSSR count). The molecule has 0 atom stereocenters. The van der Waals surface area contributed by atoms with Gasteiger partial charge in [-0.15, -0.1) is 0 Å². The van der Waals surface area contributed by atoms with Crippen LogP contribution in [0.5, 0.6) is 0 Å². The van der Waals surface area contributed by atoms with Gasteiger partial charge in [0.25, 0.3) is 0 Å². The van der Waals surface area contributed by atoms with Crippen LogP contribution in [0.2, 0.25) is 0 Å². The SMILES string of the molecule is CC1(C)c2ccccc2-c2cc3c4cc(-c5ccc6c(c5)c5cc7c(cc5n6-c5ccccc5)oc5ccccc57)ccc4n(-c4ccc(-c5nc(-c6ccccc6)nc(-c6ccccc6)n5)cc4)c3cc21.CC1(C)c2ccccc2-c2cc3c4cc(-c5ccc6c(c5)c5cc7c(cc5n6-c5ccccc5)oc5ccccc57)ccc4n(-c4cccc(-c5nc(-c6ccccc6)cc(-c6ccccc6)n5)c4)c3cc21. The quantitative estimate of drug-likeness (QED) is 0.120. The summed E-state index contributed by atoms with van der Waals surface area (Å²) >= 11 is 0.